The molecule has 30 heavy (non-hydrogen) atoms. The molecule has 0 fully saturated rings. The molecule has 0 amide bonds. The highest BCUT2D eigenvalue weighted by atomic mass is 79.9. The average Bonchev–Trinajstić information content (AvgIpc) is 3.07. The minimum absolute atomic E-state index is 0.116. The Hall–Kier alpha value is -2.90. The first-order chi connectivity index (χ1) is 14.4. The van der Waals surface area contributed by atoms with Gasteiger partial charge in [-0.15, -0.1) is 16.6 Å². The van der Waals surface area contributed by atoms with E-state index in [1.165, 1.54) is 23.9 Å². The SMILES string of the molecule is C#CCOc1ccc([C@H](C[N+](=O)[O-])Sc2nnc(C)n2-c2ccc(F)cc2)cc1Br. The molecule has 1 aromatic heterocycles. The Labute approximate surface area is 184 Å². The summed E-state index contributed by atoms with van der Waals surface area (Å²) >= 11 is 4.63. The molecule has 0 radical (unpaired) electrons. The van der Waals surface area contributed by atoms with E-state index >= 15 is 0 Å². The molecule has 0 aliphatic rings. The number of terminal acetylenes is 1. The van der Waals surface area contributed by atoms with Gasteiger partial charge in [0.05, 0.1) is 4.47 Å². The Bertz CT molecular complexity index is 1100. The van der Waals surface area contributed by atoms with Gasteiger partial charge in [-0.25, -0.2) is 4.39 Å². The number of aromatic nitrogens is 3. The van der Waals surface area contributed by atoms with Crippen molar-refractivity contribution in [1.29, 1.82) is 0 Å². The highest BCUT2D eigenvalue weighted by Gasteiger charge is 2.24. The third kappa shape index (κ3) is 5.17. The zero-order valence-electron chi connectivity index (χ0n) is 15.8. The quantitative estimate of drug-likeness (QED) is 0.198. The fourth-order valence-electron chi connectivity index (χ4n) is 2.73. The molecular formula is C20H16BrFN4O3S. The molecule has 1 heterocycles. The zero-order chi connectivity index (χ0) is 21.7. The standard InChI is InChI=1S/C20H16BrFN4O3S/c1-3-10-29-18-9-4-14(11-17(18)21)19(12-25(27)28)30-20-24-23-13(2)26(20)16-7-5-15(22)6-8-16/h1,4-9,11,19H,10,12H2,2H3/t19-/m0/s1. The Morgan fingerprint density at radius 1 is 1.33 bits per heavy atom. The molecule has 0 N–H and O–H groups in total. The predicted octanol–water partition coefficient (Wildman–Crippen LogP) is 4.60. The number of benzene rings is 2. The molecule has 3 rings (SSSR count). The Morgan fingerprint density at radius 3 is 2.70 bits per heavy atom. The summed E-state index contributed by atoms with van der Waals surface area (Å²) in [5.41, 5.74) is 1.38. The van der Waals surface area contributed by atoms with E-state index in [1.54, 1.807) is 41.8 Å². The summed E-state index contributed by atoms with van der Waals surface area (Å²) in [4.78, 5) is 10.9. The fourth-order valence-corrected chi connectivity index (χ4v) is 4.41. The zero-order valence-corrected chi connectivity index (χ0v) is 18.2. The van der Waals surface area contributed by atoms with Crippen LogP contribution in [0.15, 0.2) is 52.1 Å². The third-order valence-electron chi connectivity index (χ3n) is 4.08. The first kappa shape index (κ1) is 21.8. The van der Waals surface area contributed by atoms with Crippen LogP contribution in [0.5, 0.6) is 5.75 Å². The smallest absolute Gasteiger partial charge is 0.220 e. The number of nitro groups is 1. The van der Waals surface area contributed by atoms with Gasteiger partial charge in [-0.05, 0) is 64.8 Å². The largest absolute Gasteiger partial charge is 0.480 e. The molecule has 0 aliphatic carbocycles. The third-order valence-corrected chi connectivity index (χ3v) is 5.88. The number of halogens is 2. The second-order valence-corrected chi connectivity index (χ2v) is 8.17. The van der Waals surface area contributed by atoms with Crippen LogP contribution in [0.3, 0.4) is 0 Å². The van der Waals surface area contributed by atoms with Crippen molar-refractivity contribution in [2.24, 2.45) is 0 Å². The molecule has 0 spiro atoms. The molecule has 0 unspecified atom stereocenters. The summed E-state index contributed by atoms with van der Waals surface area (Å²) in [5, 5.41) is 19.5. The molecule has 7 nitrogen and oxygen atoms in total. The van der Waals surface area contributed by atoms with Gasteiger partial charge in [0.1, 0.15) is 29.2 Å². The maximum Gasteiger partial charge on any atom is 0.220 e. The normalized spacial score (nSPS) is 11.7. The van der Waals surface area contributed by atoms with Crippen molar-refractivity contribution in [2.45, 2.75) is 17.3 Å². The van der Waals surface area contributed by atoms with Crippen LogP contribution in [0.1, 0.15) is 16.6 Å². The van der Waals surface area contributed by atoms with Crippen LogP contribution in [-0.4, -0.2) is 32.8 Å². The highest BCUT2D eigenvalue weighted by Crippen LogP contribution is 2.38. The van der Waals surface area contributed by atoms with Gasteiger partial charge in [0.2, 0.25) is 6.54 Å². The summed E-state index contributed by atoms with van der Waals surface area (Å²) in [5.74, 6) is 3.16. The number of nitrogens with zero attached hydrogens (tertiary/aromatic N) is 4. The number of ether oxygens (including phenoxy) is 1. The van der Waals surface area contributed by atoms with Crippen LogP contribution in [0, 0.1) is 35.2 Å². The van der Waals surface area contributed by atoms with E-state index in [-0.39, 0.29) is 23.9 Å². The van der Waals surface area contributed by atoms with Crippen LogP contribution in [0.2, 0.25) is 0 Å². The lowest BCUT2D eigenvalue weighted by molar-refractivity contribution is -0.479. The topological polar surface area (TPSA) is 83.1 Å². The summed E-state index contributed by atoms with van der Waals surface area (Å²) < 4.78 is 21.1. The van der Waals surface area contributed by atoms with Crippen LogP contribution < -0.4 is 4.74 Å². The first-order valence-corrected chi connectivity index (χ1v) is 10.4. The molecule has 154 valence electrons. The molecule has 0 saturated carbocycles. The predicted molar refractivity (Wildman–Crippen MR) is 115 cm³/mol. The van der Waals surface area contributed by atoms with Crippen molar-refractivity contribution in [1.82, 2.24) is 14.8 Å². The number of thioether (sulfide) groups is 1. The number of hydrogen-bond donors (Lipinski definition) is 0. The minimum atomic E-state index is -0.541. The summed E-state index contributed by atoms with van der Waals surface area (Å²) in [7, 11) is 0. The van der Waals surface area contributed by atoms with E-state index in [2.05, 4.69) is 32.0 Å². The van der Waals surface area contributed by atoms with E-state index in [0.717, 1.165) is 0 Å². The second-order valence-electron chi connectivity index (χ2n) is 6.15. The van der Waals surface area contributed by atoms with E-state index in [1.807, 2.05) is 0 Å². The Kier molecular flexibility index (Phi) is 7.07. The minimum Gasteiger partial charge on any atom is -0.480 e. The molecule has 1 atom stereocenters. The fraction of sp³-hybridized carbons (Fsp3) is 0.200. The van der Waals surface area contributed by atoms with Crippen LogP contribution in [0.25, 0.3) is 5.69 Å². The van der Waals surface area contributed by atoms with Gasteiger partial charge in [-0.1, -0.05) is 23.7 Å². The van der Waals surface area contributed by atoms with Crippen molar-refractivity contribution in [3.05, 3.63) is 74.3 Å². The van der Waals surface area contributed by atoms with Gasteiger partial charge in [0, 0.05) is 10.6 Å². The lowest BCUT2D eigenvalue weighted by atomic mass is 10.1. The summed E-state index contributed by atoms with van der Waals surface area (Å²) in [6.07, 6.45) is 5.21. The van der Waals surface area contributed by atoms with Gasteiger partial charge < -0.3 is 4.74 Å². The Morgan fingerprint density at radius 2 is 2.07 bits per heavy atom. The molecule has 3 aromatic rings. The highest BCUT2D eigenvalue weighted by molar-refractivity contribution is 9.10. The number of aryl methyl sites for hydroxylation is 1. The lowest BCUT2D eigenvalue weighted by Gasteiger charge is -2.15. The van der Waals surface area contributed by atoms with Crippen molar-refractivity contribution in [3.8, 4) is 23.8 Å². The van der Waals surface area contributed by atoms with Gasteiger partial charge in [-0.3, -0.25) is 14.7 Å². The average molecular weight is 491 g/mol. The van der Waals surface area contributed by atoms with Crippen LogP contribution in [0.4, 0.5) is 4.39 Å². The van der Waals surface area contributed by atoms with Gasteiger partial charge in [-0.2, -0.15) is 0 Å². The maximum absolute atomic E-state index is 13.3. The Balaban J connectivity index is 1.93. The van der Waals surface area contributed by atoms with E-state index < -0.39 is 5.25 Å². The van der Waals surface area contributed by atoms with E-state index in [4.69, 9.17) is 11.2 Å². The van der Waals surface area contributed by atoms with Crippen molar-refractivity contribution in [2.75, 3.05) is 13.2 Å². The first-order valence-electron chi connectivity index (χ1n) is 8.71. The molecule has 0 saturated heterocycles. The van der Waals surface area contributed by atoms with Gasteiger partial charge in [0.25, 0.3) is 0 Å². The van der Waals surface area contributed by atoms with Crippen molar-refractivity contribution in [3.63, 3.8) is 0 Å². The summed E-state index contributed by atoms with van der Waals surface area (Å²) in [6.45, 7) is 1.55. The maximum atomic E-state index is 13.3. The summed E-state index contributed by atoms with van der Waals surface area (Å²) in [6, 6.07) is 11.1. The molecular weight excluding hydrogens is 475 g/mol. The molecule has 2 aromatic carbocycles. The second kappa shape index (κ2) is 9.73. The lowest BCUT2D eigenvalue weighted by Crippen LogP contribution is -2.11. The van der Waals surface area contributed by atoms with Gasteiger partial charge >= 0.3 is 0 Å². The van der Waals surface area contributed by atoms with Crippen molar-refractivity contribution < 1.29 is 14.1 Å². The number of hydrogen-bond acceptors (Lipinski definition) is 6. The molecule has 10 heteroatoms. The van der Waals surface area contributed by atoms with Gasteiger partial charge in [0.15, 0.2) is 5.16 Å². The molecule has 0 bridgehead atoms. The number of rotatable bonds is 8. The molecule has 0 aliphatic heterocycles. The van der Waals surface area contributed by atoms with Crippen LogP contribution >= 0.6 is 27.7 Å². The van der Waals surface area contributed by atoms with E-state index in [0.29, 0.717) is 32.5 Å². The van der Waals surface area contributed by atoms with Crippen molar-refractivity contribution >= 4 is 27.7 Å². The van der Waals surface area contributed by atoms with E-state index in [9.17, 15) is 14.5 Å². The van der Waals surface area contributed by atoms with Crippen LogP contribution in [-0.2, 0) is 0 Å². The monoisotopic (exact) mass is 490 g/mol.